The summed E-state index contributed by atoms with van der Waals surface area (Å²) in [4.78, 5) is 18.7. The lowest BCUT2D eigenvalue weighted by molar-refractivity contribution is -0.133. The molecule has 0 atom stereocenters. The van der Waals surface area contributed by atoms with Crippen LogP contribution in [0.3, 0.4) is 0 Å². The van der Waals surface area contributed by atoms with E-state index in [9.17, 15) is 4.79 Å². The lowest BCUT2D eigenvalue weighted by Crippen LogP contribution is -2.41. The van der Waals surface area contributed by atoms with Crippen LogP contribution >= 0.6 is 0 Å². The van der Waals surface area contributed by atoms with E-state index in [-0.39, 0.29) is 12.0 Å². The fourth-order valence-corrected chi connectivity index (χ4v) is 3.32. The number of nitrogens with zero attached hydrogens (tertiary/aromatic N) is 2. The van der Waals surface area contributed by atoms with Crippen LogP contribution in [0.4, 0.5) is 0 Å². The molecule has 0 aliphatic carbocycles. The Morgan fingerprint density at radius 2 is 2.00 bits per heavy atom. The maximum atomic E-state index is 12.4. The Balaban J connectivity index is 1.36. The first-order chi connectivity index (χ1) is 13.3. The van der Waals surface area contributed by atoms with Crippen molar-refractivity contribution in [1.82, 2.24) is 9.88 Å². The van der Waals surface area contributed by atoms with E-state index in [1.807, 2.05) is 35.2 Å². The number of oxazole rings is 1. The Morgan fingerprint density at radius 3 is 2.74 bits per heavy atom. The van der Waals surface area contributed by atoms with E-state index in [1.165, 1.54) is 0 Å². The van der Waals surface area contributed by atoms with Crippen LogP contribution in [-0.4, -0.2) is 48.1 Å². The first-order valence-corrected chi connectivity index (χ1v) is 9.86. The maximum Gasteiger partial charge on any atom is 0.222 e. The molecule has 0 unspecified atom stereocenters. The van der Waals surface area contributed by atoms with E-state index in [2.05, 4.69) is 4.98 Å². The number of carbonyl (C=O) groups excluding carboxylic acids is 1. The topological polar surface area (TPSA) is 81.6 Å². The Bertz CT molecular complexity index is 694. The second-order valence-electron chi connectivity index (χ2n) is 6.93. The van der Waals surface area contributed by atoms with Crippen LogP contribution in [-0.2, 0) is 16.0 Å². The molecule has 1 fully saturated rings. The number of likely N-dealkylation sites (tertiary alicyclic amines) is 1. The molecular weight excluding hydrogens is 342 g/mol. The fourth-order valence-electron chi connectivity index (χ4n) is 3.32. The van der Waals surface area contributed by atoms with Gasteiger partial charge in [-0.15, -0.1) is 0 Å². The minimum absolute atomic E-state index is 0.213. The van der Waals surface area contributed by atoms with Gasteiger partial charge in [-0.3, -0.25) is 4.79 Å². The number of amides is 1. The van der Waals surface area contributed by atoms with Crippen LogP contribution in [0.25, 0.3) is 11.3 Å². The highest BCUT2D eigenvalue weighted by molar-refractivity contribution is 5.76. The van der Waals surface area contributed by atoms with Crippen LogP contribution in [0.2, 0.25) is 0 Å². The molecule has 27 heavy (non-hydrogen) atoms. The molecule has 1 aliphatic rings. The van der Waals surface area contributed by atoms with Crippen LogP contribution in [0.1, 0.15) is 38.0 Å². The number of hydrogen-bond donors (Lipinski definition) is 1. The number of carbonyl (C=O) groups is 1. The number of benzene rings is 1. The molecule has 0 saturated carbocycles. The second-order valence-corrected chi connectivity index (χ2v) is 6.93. The van der Waals surface area contributed by atoms with Crippen molar-refractivity contribution in [3.63, 3.8) is 0 Å². The van der Waals surface area contributed by atoms with Gasteiger partial charge in [-0.1, -0.05) is 30.3 Å². The Kier molecular flexibility index (Phi) is 7.42. The number of nitrogens with two attached hydrogens (primary N) is 1. The second kappa shape index (κ2) is 10.2. The van der Waals surface area contributed by atoms with E-state index in [0.717, 1.165) is 56.7 Å². The highest BCUT2D eigenvalue weighted by Crippen LogP contribution is 2.21. The molecule has 6 heteroatoms. The molecule has 6 nitrogen and oxygen atoms in total. The molecule has 0 bridgehead atoms. The molecule has 1 aromatic carbocycles. The number of piperidine rings is 1. The molecule has 2 N–H and O–H groups in total. The number of aryl methyl sites for hydroxylation is 1. The Morgan fingerprint density at radius 1 is 1.22 bits per heavy atom. The van der Waals surface area contributed by atoms with Gasteiger partial charge in [0.2, 0.25) is 5.91 Å². The summed E-state index contributed by atoms with van der Waals surface area (Å²) in [6.07, 6.45) is 6.70. The van der Waals surface area contributed by atoms with Crippen molar-refractivity contribution in [3.8, 4) is 11.3 Å². The molecule has 146 valence electrons. The lowest BCUT2D eigenvalue weighted by Gasteiger charge is -2.32. The van der Waals surface area contributed by atoms with Gasteiger partial charge >= 0.3 is 0 Å². The summed E-state index contributed by atoms with van der Waals surface area (Å²) >= 11 is 0. The van der Waals surface area contributed by atoms with E-state index in [4.69, 9.17) is 14.9 Å². The van der Waals surface area contributed by atoms with Crippen molar-refractivity contribution in [2.75, 3.05) is 26.2 Å². The normalized spacial score (nSPS) is 15.2. The van der Waals surface area contributed by atoms with E-state index in [0.29, 0.717) is 25.3 Å². The lowest BCUT2D eigenvalue weighted by atomic mass is 10.1. The van der Waals surface area contributed by atoms with E-state index < -0.39 is 0 Å². The summed E-state index contributed by atoms with van der Waals surface area (Å²) in [7, 11) is 0. The third-order valence-electron chi connectivity index (χ3n) is 4.89. The van der Waals surface area contributed by atoms with Gasteiger partial charge in [0.25, 0.3) is 0 Å². The molecule has 0 radical (unpaired) electrons. The standard InChI is InChI=1S/C21H29N3O3/c22-12-5-15-26-18-10-13-24(14-11-18)21(25)9-4-8-20-23-16-19(27-20)17-6-2-1-3-7-17/h1-3,6-7,16,18H,4-5,8-15,22H2. The van der Waals surface area contributed by atoms with E-state index >= 15 is 0 Å². The van der Waals surface area contributed by atoms with Crippen molar-refractivity contribution in [1.29, 1.82) is 0 Å². The molecule has 0 spiro atoms. The van der Waals surface area contributed by atoms with Crippen LogP contribution < -0.4 is 5.73 Å². The molecule has 3 rings (SSSR count). The van der Waals surface area contributed by atoms with Gasteiger partial charge in [0.15, 0.2) is 11.7 Å². The summed E-state index contributed by atoms with van der Waals surface area (Å²) in [6.45, 7) is 2.94. The van der Waals surface area contributed by atoms with Gasteiger partial charge in [0, 0.05) is 38.1 Å². The highest BCUT2D eigenvalue weighted by atomic mass is 16.5. The molecule has 1 aliphatic heterocycles. The van der Waals surface area contributed by atoms with E-state index in [1.54, 1.807) is 6.20 Å². The van der Waals surface area contributed by atoms with Gasteiger partial charge in [-0.25, -0.2) is 4.98 Å². The zero-order valence-corrected chi connectivity index (χ0v) is 15.8. The molecule has 2 aromatic rings. The van der Waals surface area contributed by atoms with Crippen molar-refractivity contribution in [2.24, 2.45) is 5.73 Å². The highest BCUT2D eigenvalue weighted by Gasteiger charge is 2.22. The van der Waals surface area contributed by atoms with Gasteiger partial charge in [-0.05, 0) is 32.2 Å². The summed E-state index contributed by atoms with van der Waals surface area (Å²) in [5.74, 6) is 1.67. The van der Waals surface area contributed by atoms with Gasteiger partial charge in [0.1, 0.15) is 0 Å². The first-order valence-electron chi connectivity index (χ1n) is 9.86. The summed E-state index contributed by atoms with van der Waals surface area (Å²) in [5, 5.41) is 0. The van der Waals surface area contributed by atoms with Crippen LogP contribution in [0.15, 0.2) is 40.9 Å². The first kappa shape index (κ1) is 19.6. The largest absolute Gasteiger partial charge is 0.441 e. The summed E-state index contributed by atoms with van der Waals surface area (Å²) < 4.78 is 11.6. The summed E-state index contributed by atoms with van der Waals surface area (Å²) in [5.41, 5.74) is 6.50. The number of ether oxygens (including phenoxy) is 1. The molecule has 1 aromatic heterocycles. The minimum atomic E-state index is 0.213. The molecular formula is C21H29N3O3. The predicted molar refractivity (Wildman–Crippen MR) is 104 cm³/mol. The minimum Gasteiger partial charge on any atom is -0.441 e. The smallest absolute Gasteiger partial charge is 0.222 e. The number of aromatic nitrogens is 1. The summed E-state index contributed by atoms with van der Waals surface area (Å²) in [6, 6.07) is 9.92. The monoisotopic (exact) mass is 371 g/mol. The average Bonchev–Trinajstić information content (AvgIpc) is 3.18. The van der Waals surface area contributed by atoms with Crippen molar-refractivity contribution in [3.05, 3.63) is 42.4 Å². The van der Waals surface area contributed by atoms with Gasteiger partial charge in [0.05, 0.1) is 12.3 Å². The van der Waals surface area contributed by atoms with Crippen LogP contribution in [0, 0.1) is 0 Å². The third kappa shape index (κ3) is 5.91. The van der Waals surface area contributed by atoms with Gasteiger partial charge < -0.3 is 19.8 Å². The fraction of sp³-hybridized carbons (Fsp3) is 0.524. The predicted octanol–water partition coefficient (Wildman–Crippen LogP) is 3.02. The SMILES string of the molecule is NCCCOC1CCN(C(=O)CCCc2ncc(-c3ccccc3)o2)CC1. The van der Waals surface area contributed by atoms with Crippen molar-refractivity contribution < 1.29 is 13.9 Å². The van der Waals surface area contributed by atoms with Crippen LogP contribution in [0.5, 0.6) is 0 Å². The Labute approximate surface area is 160 Å². The zero-order chi connectivity index (χ0) is 18.9. The third-order valence-corrected chi connectivity index (χ3v) is 4.89. The molecule has 1 saturated heterocycles. The Hall–Kier alpha value is -2.18. The van der Waals surface area contributed by atoms with Gasteiger partial charge in [-0.2, -0.15) is 0 Å². The quantitative estimate of drug-likeness (QED) is 0.685. The average molecular weight is 371 g/mol. The zero-order valence-electron chi connectivity index (χ0n) is 15.8. The van der Waals surface area contributed by atoms with Crippen molar-refractivity contribution in [2.45, 2.75) is 44.6 Å². The molecule has 1 amide bonds. The maximum absolute atomic E-state index is 12.4. The van der Waals surface area contributed by atoms with Crippen molar-refractivity contribution >= 4 is 5.91 Å². The number of rotatable bonds is 9. The number of hydrogen-bond acceptors (Lipinski definition) is 5. The molecule has 2 heterocycles.